The third-order valence-corrected chi connectivity index (χ3v) is 5.16. The van der Waals surface area contributed by atoms with Crippen LogP contribution in [0.25, 0.3) is 0 Å². The van der Waals surface area contributed by atoms with Crippen molar-refractivity contribution in [1.82, 2.24) is 24.9 Å². The number of nitrogens with zero attached hydrogens (tertiary/aromatic N) is 5. The van der Waals surface area contributed by atoms with E-state index in [-0.39, 0.29) is 0 Å². The van der Waals surface area contributed by atoms with Gasteiger partial charge in [0.2, 0.25) is 0 Å². The van der Waals surface area contributed by atoms with E-state index < -0.39 is 0 Å². The van der Waals surface area contributed by atoms with Crippen LogP contribution in [-0.2, 0) is 0 Å². The van der Waals surface area contributed by atoms with Crippen molar-refractivity contribution in [2.24, 2.45) is 0 Å². The summed E-state index contributed by atoms with van der Waals surface area (Å²) >= 11 is 0. The molecule has 23 heavy (non-hydrogen) atoms. The van der Waals surface area contributed by atoms with Gasteiger partial charge in [-0.15, -0.1) is 0 Å². The van der Waals surface area contributed by atoms with Crippen molar-refractivity contribution in [3.63, 3.8) is 0 Å². The first-order chi connectivity index (χ1) is 11.3. The molecule has 2 rings (SSSR count). The molecule has 0 saturated carbocycles. The Morgan fingerprint density at radius 3 is 1.13 bits per heavy atom. The van der Waals surface area contributed by atoms with E-state index in [2.05, 4.69) is 33.4 Å². The molecule has 2 fully saturated rings. The van der Waals surface area contributed by atoms with Crippen molar-refractivity contribution in [2.75, 3.05) is 91.6 Å². The van der Waals surface area contributed by atoms with E-state index in [1.807, 2.05) is 0 Å². The Kier molecular flexibility index (Phi) is 9.46. The van der Waals surface area contributed by atoms with Gasteiger partial charge in [-0.3, -0.25) is 9.80 Å². The molecule has 1 radical (unpaired) electrons. The molecule has 0 aromatic heterocycles. The van der Waals surface area contributed by atoms with E-state index in [1.54, 1.807) is 0 Å². The lowest BCUT2D eigenvalue weighted by molar-refractivity contribution is 0.127. The van der Waals surface area contributed by atoms with Gasteiger partial charge in [0.15, 0.2) is 0 Å². The molecule has 0 atom stereocenters. The fourth-order valence-corrected chi connectivity index (χ4v) is 3.64. The minimum Gasteiger partial charge on any atom is -0.301 e. The Morgan fingerprint density at radius 1 is 0.522 bits per heavy atom. The highest BCUT2D eigenvalue weighted by Gasteiger charge is 2.16. The Bertz CT molecular complexity index is 255. The summed E-state index contributed by atoms with van der Waals surface area (Å²) < 4.78 is 0. The van der Waals surface area contributed by atoms with Crippen LogP contribution in [0.1, 0.15) is 26.7 Å². The van der Waals surface area contributed by atoms with Crippen molar-refractivity contribution in [1.29, 1.82) is 0 Å². The highest BCUT2D eigenvalue weighted by atomic mass is 15.3. The fourth-order valence-electron chi connectivity index (χ4n) is 3.64. The lowest BCUT2D eigenvalue weighted by atomic mass is 10.3. The van der Waals surface area contributed by atoms with Crippen molar-refractivity contribution >= 4 is 0 Å². The average Bonchev–Trinajstić information content (AvgIpc) is 2.58. The van der Waals surface area contributed by atoms with Gasteiger partial charge in [-0.25, -0.2) is 5.32 Å². The van der Waals surface area contributed by atoms with E-state index in [0.29, 0.717) is 0 Å². The second-order valence-corrected chi connectivity index (χ2v) is 7.04. The van der Waals surface area contributed by atoms with Gasteiger partial charge >= 0.3 is 0 Å². The van der Waals surface area contributed by atoms with Crippen LogP contribution in [0.2, 0.25) is 0 Å². The zero-order chi connectivity index (χ0) is 16.3. The predicted octanol–water partition coefficient (Wildman–Crippen LogP) is 0.646. The summed E-state index contributed by atoms with van der Waals surface area (Å²) in [6, 6.07) is 0. The first-order valence-corrected chi connectivity index (χ1v) is 9.84. The fraction of sp³-hybridized carbons (Fsp3) is 1.00. The van der Waals surface area contributed by atoms with Crippen molar-refractivity contribution in [2.45, 2.75) is 26.7 Å². The molecular weight excluding hydrogens is 286 g/mol. The second-order valence-electron chi connectivity index (χ2n) is 7.04. The second kappa shape index (κ2) is 11.4. The first-order valence-electron chi connectivity index (χ1n) is 9.84. The summed E-state index contributed by atoms with van der Waals surface area (Å²) in [7, 11) is 0. The first kappa shape index (κ1) is 19.1. The standard InChI is InChI=1S/C18H38N5/c1-3-7-20-11-15-22(16-12-20)9-5-19-6-10-23-17-13-21(8-4-2)14-18-23/h3-18H2,1-2H3. The summed E-state index contributed by atoms with van der Waals surface area (Å²) in [5.41, 5.74) is 0. The van der Waals surface area contributed by atoms with Crippen LogP contribution in [0.5, 0.6) is 0 Å². The molecule has 2 saturated heterocycles. The van der Waals surface area contributed by atoms with Crippen LogP contribution in [0.4, 0.5) is 0 Å². The molecule has 0 N–H and O–H groups in total. The van der Waals surface area contributed by atoms with Gasteiger partial charge in [-0.2, -0.15) is 0 Å². The molecule has 0 unspecified atom stereocenters. The molecule has 0 aromatic rings. The molecule has 2 aliphatic rings. The zero-order valence-corrected chi connectivity index (χ0v) is 15.5. The highest BCUT2D eigenvalue weighted by molar-refractivity contribution is 4.74. The SMILES string of the molecule is CCCN1CCN(CC[N]CCN2CCN(CCC)CC2)CC1. The normalized spacial score (nSPS) is 22.7. The van der Waals surface area contributed by atoms with Gasteiger partial charge in [0.1, 0.15) is 0 Å². The van der Waals surface area contributed by atoms with Gasteiger partial charge in [-0.1, -0.05) is 13.8 Å². The quantitative estimate of drug-likeness (QED) is 0.551. The Labute approximate surface area is 144 Å². The maximum atomic E-state index is 4.76. The van der Waals surface area contributed by atoms with Crippen LogP contribution in [0.15, 0.2) is 0 Å². The molecule has 5 nitrogen and oxygen atoms in total. The van der Waals surface area contributed by atoms with Crippen LogP contribution in [0.3, 0.4) is 0 Å². The third kappa shape index (κ3) is 7.48. The highest BCUT2D eigenvalue weighted by Crippen LogP contribution is 2.03. The largest absolute Gasteiger partial charge is 0.301 e. The lowest BCUT2D eigenvalue weighted by Crippen LogP contribution is -2.48. The van der Waals surface area contributed by atoms with Crippen LogP contribution in [-0.4, -0.2) is 111 Å². The Morgan fingerprint density at radius 2 is 0.826 bits per heavy atom. The molecule has 5 heteroatoms. The summed E-state index contributed by atoms with van der Waals surface area (Å²) in [5.74, 6) is 0. The van der Waals surface area contributed by atoms with Gasteiger partial charge < -0.3 is 9.80 Å². The van der Waals surface area contributed by atoms with Gasteiger partial charge in [0.05, 0.1) is 0 Å². The molecule has 135 valence electrons. The number of piperazine rings is 2. The van der Waals surface area contributed by atoms with E-state index in [0.717, 1.165) is 26.2 Å². The molecule has 2 aliphatic heterocycles. The van der Waals surface area contributed by atoms with Gasteiger partial charge in [0, 0.05) is 78.5 Å². The summed E-state index contributed by atoms with van der Waals surface area (Å²) in [4.78, 5) is 10.3. The molecule has 0 bridgehead atoms. The molecular formula is C18H38N5. The summed E-state index contributed by atoms with van der Waals surface area (Å²) in [6.07, 6.45) is 2.56. The molecule has 0 aromatic carbocycles. The van der Waals surface area contributed by atoms with Gasteiger partial charge in [-0.05, 0) is 25.9 Å². The zero-order valence-electron chi connectivity index (χ0n) is 15.5. The van der Waals surface area contributed by atoms with Crippen molar-refractivity contribution in [3.8, 4) is 0 Å². The van der Waals surface area contributed by atoms with Crippen LogP contribution >= 0.6 is 0 Å². The van der Waals surface area contributed by atoms with E-state index in [4.69, 9.17) is 5.32 Å². The molecule has 0 spiro atoms. The lowest BCUT2D eigenvalue weighted by Gasteiger charge is -2.35. The number of hydrogen-bond donors (Lipinski definition) is 0. The smallest absolute Gasteiger partial charge is 0.0261 e. The molecule has 0 amide bonds. The maximum absolute atomic E-state index is 4.76. The predicted molar refractivity (Wildman–Crippen MR) is 98.2 cm³/mol. The Hall–Kier alpha value is -0.200. The minimum atomic E-state index is 1.02. The van der Waals surface area contributed by atoms with Crippen molar-refractivity contribution in [3.05, 3.63) is 0 Å². The van der Waals surface area contributed by atoms with E-state index in [1.165, 1.54) is 78.3 Å². The van der Waals surface area contributed by atoms with Crippen molar-refractivity contribution < 1.29 is 0 Å². The summed E-state index contributed by atoms with van der Waals surface area (Å²) in [6.45, 7) is 21.3. The van der Waals surface area contributed by atoms with Crippen LogP contribution < -0.4 is 5.32 Å². The third-order valence-electron chi connectivity index (χ3n) is 5.16. The number of rotatable bonds is 10. The summed E-state index contributed by atoms with van der Waals surface area (Å²) in [5, 5.41) is 4.76. The molecule has 0 aliphatic carbocycles. The van der Waals surface area contributed by atoms with Gasteiger partial charge in [0.25, 0.3) is 0 Å². The van der Waals surface area contributed by atoms with E-state index in [9.17, 15) is 0 Å². The van der Waals surface area contributed by atoms with E-state index >= 15 is 0 Å². The number of hydrogen-bond acceptors (Lipinski definition) is 4. The minimum absolute atomic E-state index is 1.02. The average molecular weight is 325 g/mol. The topological polar surface area (TPSA) is 27.1 Å². The molecule has 2 heterocycles. The maximum Gasteiger partial charge on any atom is 0.0261 e. The monoisotopic (exact) mass is 324 g/mol. The Balaban J connectivity index is 1.43. The van der Waals surface area contributed by atoms with Crippen LogP contribution in [0, 0.1) is 0 Å².